The summed E-state index contributed by atoms with van der Waals surface area (Å²) in [6, 6.07) is 18.8. The number of anilines is 2. The van der Waals surface area contributed by atoms with Crippen molar-refractivity contribution in [1.29, 1.82) is 0 Å². The van der Waals surface area contributed by atoms with Gasteiger partial charge in [-0.3, -0.25) is 4.57 Å². The first-order chi connectivity index (χ1) is 14.7. The third kappa shape index (κ3) is 3.51. The summed E-state index contributed by atoms with van der Waals surface area (Å²) in [6.45, 7) is 3.39. The van der Waals surface area contributed by atoms with Crippen LogP contribution in [0.25, 0.3) is 27.8 Å². The van der Waals surface area contributed by atoms with Gasteiger partial charge in [0.2, 0.25) is 5.95 Å². The number of benzene rings is 2. The monoisotopic (exact) mass is 417 g/mol. The van der Waals surface area contributed by atoms with Gasteiger partial charge in [-0.1, -0.05) is 12.1 Å². The Hall–Kier alpha value is -3.03. The van der Waals surface area contributed by atoms with Gasteiger partial charge in [-0.25, -0.2) is 9.97 Å². The average Bonchev–Trinajstić information content (AvgIpc) is 3.14. The highest BCUT2D eigenvalue weighted by atomic mass is 32.2. The highest BCUT2D eigenvalue weighted by Gasteiger charge is 2.14. The molecule has 4 aromatic rings. The SMILES string of the molecule is CSc1ccc(-c2ccc3nc(N)n(-c4ccc(N5CCOCC5)cc4)c3c2)cn1. The summed E-state index contributed by atoms with van der Waals surface area (Å²) in [5, 5.41) is 1.01. The number of nitrogens with zero attached hydrogens (tertiary/aromatic N) is 4. The van der Waals surface area contributed by atoms with E-state index in [2.05, 4.69) is 57.3 Å². The van der Waals surface area contributed by atoms with Crippen LogP contribution >= 0.6 is 11.8 Å². The molecule has 1 fully saturated rings. The topological polar surface area (TPSA) is 69.2 Å². The van der Waals surface area contributed by atoms with E-state index in [1.165, 1.54) is 5.69 Å². The number of hydrogen-bond donors (Lipinski definition) is 1. The largest absolute Gasteiger partial charge is 0.378 e. The van der Waals surface area contributed by atoms with Crippen molar-refractivity contribution in [3.63, 3.8) is 0 Å². The minimum Gasteiger partial charge on any atom is -0.378 e. The Labute approximate surface area is 179 Å². The van der Waals surface area contributed by atoms with Crippen molar-refractivity contribution < 1.29 is 4.74 Å². The number of ether oxygens (including phenoxy) is 1. The van der Waals surface area contributed by atoms with Crippen LogP contribution in [0.4, 0.5) is 11.6 Å². The van der Waals surface area contributed by atoms with Crippen LogP contribution in [0.5, 0.6) is 0 Å². The Kier molecular flexibility index (Phi) is 5.06. The minimum atomic E-state index is 0.483. The van der Waals surface area contributed by atoms with E-state index in [0.29, 0.717) is 5.95 Å². The molecule has 0 unspecified atom stereocenters. The Bertz CT molecular complexity index is 1160. The van der Waals surface area contributed by atoms with Crippen molar-refractivity contribution in [2.75, 3.05) is 43.2 Å². The van der Waals surface area contributed by atoms with Gasteiger partial charge in [0.05, 0.1) is 29.3 Å². The van der Waals surface area contributed by atoms with E-state index in [1.54, 1.807) is 11.8 Å². The van der Waals surface area contributed by atoms with Gasteiger partial charge in [-0.15, -0.1) is 11.8 Å². The second-order valence-corrected chi connectivity index (χ2v) is 8.04. The van der Waals surface area contributed by atoms with Crippen molar-refractivity contribution in [2.24, 2.45) is 0 Å². The molecule has 1 aliphatic rings. The van der Waals surface area contributed by atoms with Crippen LogP contribution in [0.3, 0.4) is 0 Å². The fraction of sp³-hybridized carbons (Fsp3) is 0.217. The van der Waals surface area contributed by atoms with Crippen molar-refractivity contribution in [1.82, 2.24) is 14.5 Å². The highest BCUT2D eigenvalue weighted by Crippen LogP contribution is 2.29. The van der Waals surface area contributed by atoms with Crippen LogP contribution in [0.2, 0.25) is 0 Å². The zero-order chi connectivity index (χ0) is 20.5. The van der Waals surface area contributed by atoms with Gasteiger partial charge < -0.3 is 15.4 Å². The van der Waals surface area contributed by atoms with Crippen molar-refractivity contribution in [2.45, 2.75) is 5.03 Å². The van der Waals surface area contributed by atoms with Crippen LogP contribution in [-0.2, 0) is 4.74 Å². The number of hydrogen-bond acceptors (Lipinski definition) is 6. The molecular formula is C23H23N5OS. The van der Waals surface area contributed by atoms with E-state index in [9.17, 15) is 0 Å². The maximum absolute atomic E-state index is 6.30. The Balaban J connectivity index is 1.52. The molecule has 2 N–H and O–H groups in total. The fourth-order valence-electron chi connectivity index (χ4n) is 3.85. The molecule has 0 radical (unpaired) electrons. The van der Waals surface area contributed by atoms with Crippen molar-refractivity contribution >= 4 is 34.4 Å². The third-order valence-corrected chi connectivity index (χ3v) is 6.10. The number of fused-ring (bicyclic) bond motifs is 1. The Morgan fingerprint density at radius 3 is 2.37 bits per heavy atom. The molecule has 2 aromatic carbocycles. The number of thioether (sulfide) groups is 1. The number of morpholine rings is 1. The summed E-state index contributed by atoms with van der Waals surface area (Å²) in [6.07, 6.45) is 3.94. The van der Waals surface area contributed by atoms with Crippen molar-refractivity contribution in [3.8, 4) is 16.8 Å². The number of nitrogens with two attached hydrogens (primary N) is 1. The lowest BCUT2D eigenvalue weighted by atomic mass is 10.1. The molecule has 30 heavy (non-hydrogen) atoms. The maximum atomic E-state index is 6.30. The normalized spacial score (nSPS) is 14.4. The van der Waals surface area contributed by atoms with Crippen LogP contribution in [0, 0.1) is 0 Å². The quantitative estimate of drug-likeness (QED) is 0.501. The molecule has 152 valence electrons. The van der Waals surface area contributed by atoms with Gasteiger partial charge >= 0.3 is 0 Å². The van der Waals surface area contributed by atoms with E-state index in [-0.39, 0.29) is 0 Å². The molecule has 0 atom stereocenters. The number of pyridine rings is 1. The first-order valence-corrected chi connectivity index (χ1v) is 11.2. The number of rotatable bonds is 4. The minimum absolute atomic E-state index is 0.483. The zero-order valence-electron chi connectivity index (χ0n) is 16.8. The predicted octanol–water partition coefficient (Wildman–Crippen LogP) is 4.23. The summed E-state index contributed by atoms with van der Waals surface area (Å²) in [5.74, 6) is 0.483. The lowest BCUT2D eigenvalue weighted by Gasteiger charge is -2.29. The molecule has 0 spiro atoms. The van der Waals surface area contributed by atoms with Crippen LogP contribution in [0.15, 0.2) is 65.8 Å². The molecule has 1 saturated heterocycles. The molecular weight excluding hydrogens is 394 g/mol. The van der Waals surface area contributed by atoms with Gasteiger partial charge in [-0.05, 0) is 54.3 Å². The maximum Gasteiger partial charge on any atom is 0.205 e. The van der Waals surface area contributed by atoms with E-state index < -0.39 is 0 Å². The van der Waals surface area contributed by atoms with Gasteiger partial charge in [-0.2, -0.15) is 0 Å². The number of aromatic nitrogens is 3. The smallest absolute Gasteiger partial charge is 0.205 e. The molecule has 5 rings (SSSR count). The van der Waals surface area contributed by atoms with E-state index in [0.717, 1.165) is 59.2 Å². The molecule has 7 heteroatoms. The Morgan fingerprint density at radius 1 is 0.933 bits per heavy atom. The van der Waals surface area contributed by atoms with Gasteiger partial charge in [0.25, 0.3) is 0 Å². The highest BCUT2D eigenvalue weighted by molar-refractivity contribution is 7.98. The number of imidazole rings is 1. The lowest BCUT2D eigenvalue weighted by Crippen LogP contribution is -2.36. The first-order valence-electron chi connectivity index (χ1n) is 9.94. The van der Waals surface area contributed by atoms with E-state index in [1.807, 2.05) is 29.2 Å². The Morgan fingerprint density at radius 2 is 1.67 bits per heavy atom. The molecule has 3 heterocycles. The summed E-state index contributed by atoms with van der Waals surface area (Å²) in [7, 11) is 0. The van der Waals surface area contributed by atoms with E-state index in [4.69, 9.17) is 10.5 Å². The van der Waals surface area contributed by atoms with Crippen molar-refractivity contribution in [3.05, 3.63) is 60.8 Å². The molecule has 0 saturated carbocycles. The van der Waals surface area contributed by atoms with Crippen LogP contribution in [0.1, 0.15) is 0 Å². The van der Waals surface area contributed by atoms with Crippen LogP contribution < -0.4 is 10.6 Å². The zero-order valence-corrected chi connectivity index (χ0v) is 17.6. The molecule has 0 aliphatic carbocycles. The summed E-state index contributed by atoms with van der Waals surface area (Å²) in [5.41, 5.74) is 12.5. The first kappa shape index (κ1) is 19.0. The fourth-order valence-corrected chi connectivity index (χ4v) is 4.21. The number of nitrogen functional groups attached to an aromatic ring is 1. The molecule has 0 amide bonds. The van der Waals surface area contributed by atoms with Crippen LogP contribution in [-0.4, -0.2) is 47.1 Å². The summed E-state index contributed by atoms with van der Waals surface area (Å²) in [4.78, 5) is 11.4. The van der Waals surface area contributed by atoms with Gasteiger partial charge in [0.1, 0.15) is 0 Å². The average molecular weight is 418 g/mol. The molecule has 1 aliphatic heterocycles. The lowest BCUT2D eigenvalue weighted by molar-refractivity contribution is 0.122. The summed E-state index contributed by atoms with van der Waals surface area (Å²) >= 11 is 1.64. The molecule has 0 bridgehead atoms. The second-order valence-electron chi connectivity index (χ2n) is 7.21. The standard InChI is InChI=1S/C23H23N5OS/c1-30-22-9-3-17(15-25-22)16-2-8-20-21(14-16)28(23(24)26-20)19-6-4-18(5-7-19)27-10-12-29-13-11-27/h2-9,14-15H,10-13H2,1H3,(H2,24,26). The van der Waals surface area contributed by atoms with Gasteiger partial charge in [0, 0.05) is 36.2 Å². The second kappa shape index (κ2) is 8.01. The summed E-state index contributed by atoms with van der Waals surface area (Å²) < 4.78 is 7.46. The molecule has 6 nitrogen and oxygen atoms in total. The predicted molar refractivity (Wildman–Crippen MR) is 124 cm³/mol. The van der Waals surface area contributed by atoms with E-state index >= 15 is 0 Å². The van der Waals surface area contributed by atoms with Gasteiger partial charge in [0.15, 0.2) is 0 Å². The third-order valence-electron chi connectivity index (χ3n) is 5.44. The molecule has 2 aromatic heterocycles.